The Labute approximate surface area is 114 Å². The van der Waals surface area contributed by atoms with Gasteiger partial charge in [0.05, 0.1) is 11.9 Å². The first kappa shape index (κ1) is 14.0. The van der Waals surface area contributed by atoms with E-state index in [2.05, 4.69) is 22.6 Å². The normalized spacial score (nSPS) is 19.7. The third-order valence-electron chi connectivity index (χ3n) is 3.56. The van der Waals surface area contributed by atoms with Crippen LogP contribution in [-0.2, 0) is 17.9 Å². The van der Waals surface area contributed by atoms with E-state index in [1.54, 1.807) is 4.68 Å². The van der Waals surface area contributed by atoms with Crippen molar-refractivity contribution in [1.29, 1.82) is 0 Å². The van der Waals surface area contributed by atoms with Crippen molar-refractivity contribution < 1.29 is 4.79 Å². The maximum absolute atomic E-state index is 12.2. The van der Waals surface area contributed by atoms with Gasteiger partial charge in [0.1, 0.15) is 6.54 Å². The largest absolute Gasteiger partial charge is 0.338 e. The monoisotopic (exact) mass is 265 g/mol. The van der Waals surface area contributed by atoms with E-state index in [9.17, 15) is 4.79 Å². The fraction of sp³-hybridized carbons (Fsp3) is 0.769. The molecule has 1 atom stereocenters. The Morgan fingerprint density at radius 2 is 2.37 bits per heavy atom. The van der Waals surface area contributed by atoms with Crippen LogP contribution in [0.25, 0.3) is 0 Å². The van der Waals surface area contributed by atoms with Crippen molar-refractivity contribution in [3.63, 3.8) is 0 Å². The van der Waals surface area contributed by atoms with Crippen molar-refractivity contribution in [3.05, 3.63) is 11.9 Å². The molecule has 1 N–H and O–H groups in total. The highest BCUT2D eigenvalue weighted by Gasteiger charge is 2.23. The Hall–Kier alpha value is -1.43. The minimum absolute atomic E-state index is 0.145. The van der Waals surface area contributed by atoms with Crippen LogP contribution >= 0.6 is 0 Å². The molecule has 0 spiro atoms. The first-order chi connectivity index (χ1) is 9.20. The molecule has 1 unspecified atom stereocenters. The van der Waals surface area contributed by atoms with Gasteiger partial charge in [0.15, 0.2) is 0 Å². The molecule has 6 nitrogen and oxygen atoms in total. The molecule has 2 rings (SSSR count). The lowest BCUT2D eigenvalue weighted by atomic mass is 10.0. The molecule has 0 saturated carbocycles. The lowest BCUT2D eigenvalue weighted by Crippen LogP contribution is -2.43. The molecule has 0 bridgehead atoms. The summed E-state index contributed by atoms with van der Waals surface area (Å²) in [4.78, 5) is 14.2. The van der Waals surface area contributed by atoms with Crippen LogP contribution in [0, 0.1) is 0 Å². The van der Waals surface area contributed by atoms with Gasteiger partial charge in [-0.05, 0) is 32.7 Å². The molecule has 19 heavy (non-hydrogen) atoms. The molecule has 2 heterocycles. The number of carbonyl (C=O) groups is 1. The third-order valence-corrected chi connectivity index (χ3v) is 3.56. The number of likely N-dealkylation sites (tertiary alicyclic amines) is 1. The van der Waals surface area contributed by atoms with Gasteiger partial charge in [0, 0.05) is 19.1 Å². The number of aromatic nitrogens is 3. The van der Waals surface area contributed by atoms with Crippen LogP contribution in [-0.4, -0.2) is 44.9 Å². The van der Waals surface area contributed by atoms with E-state index >= 15 is 0 Å². The second-order valence-corrected chi connectivity index (χ2v) is 5.12. The summed E-state index contributed by atoms with van der Waals surface area (Å²) in [5.74, 6) is 0.145. The Balaban J connectivity index is 1.89. The Morgan fingerprint density at radius 3 is 3.11 bits per heavy atom. The van der Waals surface area contributed by atoms with E-state index in [-0.39, 0.29) is 5.91 Å². The lowest BCUT2D eigenvalue weighted by Gasteiger charge is -2.33. The average Bonchev–Trinajstić information content (AvgIpc) is 2.84. The number of nitrogens with one attached hydrogen (secondary N) is 1. The van der Waals surface area contributed by atoms with Crippen molar-refractivity contribution in [3.8, 4) is 0 Å². The maximum atomic E-state index is 12.2. The van der Waals surface area contributed by atoms with E-state index in [4.69, 9.17) is 0 Å². The number of hydrogen-bond donors (Lipinski definition) is 1. The fourth-order valence-electron chi connectivity index (χ4n) is 2.45. The van der Waals surface area contributed by atoms with E-state index in [0.29, 0.717) is 19.1 Å². The number of carbonyl (C=O) groups excluding carboxylic acids is 1. The van der Waals surface area contributed by atoms with Crippen LogP contribution in [0.15, 0.2) is 6.20 Å². The smallest absolute Gasteiger partial charge is 0.244 e. The highest BCUT2D eigenvalue weighted by molar-refractivity contribution is 5.76. The maximum Gasteiger partial charge on any atom is 0.244 e. The zero-order valence-electron chi connectivity index (χ0n) is 11.8. The van der Waals surface area contributed by atoms with Crippen LogP contribution in [0.1, 0.15) is 38.8 Å². The van der Waals surface area contributed by atoms with Gasteiger partial charge in [0.25, 0.3) is 0 Å². The summed E-state index contributed by atoms with van der Waals surface area (Å²) in [6, 6.07) is 0.353. The van der Waals surface area contributed by atoms with Gasteiger partial charge in [-0.25, -0.2) is 4.68 Å². The molecule has 1 aromatic rings. The minimum Gasteiger partial charge on any atom is -0.338 e. The van der Waals surface area contributed by atoms with Crippen molar-refractivity contribution in [2.24, 2.45) is 0 Å². The second kappa shape index (κ2) is 6.65. The van der Waals surface area contributed by atoms with Crippen LogP contribution in [0.2, 0.25) is 0 Å². The van der Waals surface area contributed by atoms with Crippen LogP contribution in [0.3, 0.4) is 0 Å². The van der Waals surface area contributed by atoms with Gasteiger partial charge in [-0.2, -0.15) is 0 Å². The van der Waals surface area contributed by atoms with Crippen LogP contribution in [0.5, 0.6) is 0 Å². The fourth-order valence-corrected chi connectivity index (χ4v) is 2.45. The number of amides is 1. The molecule has 1 fully saturated rings. The molecular weight excluding hydrogens is 242 g/mol. The van der Waals surface area contributed by atoms with Gasteiger partial charge in [-0.15, -0.1) is 5.10 Å². The Morgan fingerprint density at radius 1 is 1.53 bits per heavy atom. The van der Waals surface area contributed by atoms with Gasteiger partial charge in [-0.3, -0.25) is 4.79 Å². The van der Waals surface area contributed by atoms with Gasteiger partial charge < -0.3 is 10.2 Å². The van der Waals surface area contributed by atoms with Gasteiger partial charge in [0.2, 0.25) is 5.91 Å². The zero-order chi connectivity index (χ0) is 13.7. The number of piperidine rings is 1. The molecule has 0 aliphatic carbocycles. The van der Waals surface area contributed by atoms with Gasteiger partial charge >= 0.3 is 0 Å². The second-order valence-electron chi connectivity index (χ2n) is 5.12. The quantitative estimate of drug-likeness (QED) is 0.855. The predicted molar refractivity (Wildman–Crippen MR) is 72.4 cm³/mol. The average molecular weight is 265 g/mol. The summed E-state index contributed by atoms with van der Waals surface area (Å²) in [5.41, 5.74) is 0.876. The number of nitrogens with zero attached hydrogens (tertiary/aromatic N) is 4. The Bertz CT molecular complexity index is 417. The van der Waals surface area contributed by atoms with E-state index in [0.717, 1.165) is 31.6 Å². The van der Waals surface area contributed by atoms with E-state index in [1.807, 2.05) is 18.0 Å². The molecule has 1 saturated heterocycles. The summed E-state index contributed by atoms with van der Waals surface area (Å²) in [6.45, 7) is 6.94. The van der Waals surface area contributed by atoms with E-state index in [1.165, 1.54) is 6.42 Å². The van der Waals surface area contributed by atoms with E-state index < -0.39 is 0 Å². The van der Waals surface area contributed by atoms with Gasteiger partial charge in [-0.1, -0.05) is 12.1 Å². The highest BCUT2D eigenvalue weighted by Crippen LogP contribution is 2.16. The third kappa shape index (κ3) is 3.76. The lowest BCUT2D eigenvalue weighted by molar-refractivity contribution is -0.135. The summed E-state index contributed by atoms with van der Waals surface area (Å²) in [5, 5.41) is 11.2. The molecule has 1 aromatic heterocycles. The molecule has 0 aromatic carbocycles. The summed E-state index contributed by atoms with van der Waals surface area (Å²) >= 11 is 0. The molecular formula is C13H23N5O. The first-order valence-corrected chi connectivity index (χ1v) is 7.10. The summed E-state index contributed by atoms with van der Waals surface area (Å²) in [6.07, 6.45) is 5.28. The SMILES string of the molecule is CCNCc1cn(CC(=O)N2CCCCC2C)nn1. The molecule has 1 aliphatic rings. The minimum atomic E-state index is 0.145. The Kier molecular flexibility index (Phi) is 4.90. The zero-order valence-corrected chi connectivity index (χ0v) is 11.8. The number of hydrogen-bond acceptors (Lipinski definition) is 4. The summed E-state index contributed by atoms with van der Waals surface area (Å²) in [7, 11) is 0. The van der Waals surface area contributed by atoms with Crippen molar-refractivity contribution >= 4 is 5.91 Å². The first-order valence-electron chi connectivity index (χ1n) is 7.10. The van der Waals surface area contributed by atoms with Crippen LogP contribution in [0.4, 0.5) is 0 Å². The molecule has 6 heteroatoms. The summed E-state index contributed by atoms with van der Waals surface area (Å²) < 4.78 is 1.64. The molecule has 106 valence electrons. The number of rotatable bonds is 5. The van der Waals surface area contributed by atoms with Crippen LogP contribution < -0.4 is 5.32 Å². The standard InChI is InChI=1S/C13H23N5O/c1-3-14-8-12-9-17(16-15-12)10-13(19)18-7-5-4-6-11(18)2/h9,11,14H,3-8,10H2,1-2H3. The van der Waals surface area contributed by atoms with Crippen molar-refractivity contribution in [2.75, 3.05) is 13.1 Å². The predicted octanol–water partition coefficient (Wildman–Crippen LogP) is 0.789. The molecule has 1 aliphatic heterocycles. The molecule has 1 amide bonds. The molecule has 0 radical (unpaired) electrons. The topological polar surface area (TPSA) is 63.1 Å². The van der Waals surface area contributed by atoms with Crippen molar-refractivity contribution in [1.82, 2.24) is 25.2 Å². The highest BCUT2D eigenvalue weighted by atomic mass is 16.2. The van der Waals surface area contributed by atoms with Crippen molar-refractivity contribution in [2.45, 2.75) is 52.2 Å².